The Bertz CT molecular complexity index is 390. The minimum Gasteiger partial charge on any atom is -0.375 e. The molecule has 1 atom stereocenters. The van der Waals surface area contributed by atoms with Crippen LogP contribution in [0.2, 0.25) is 0 Å². The Labute approximate surface area is 114 Å². The molecule has 2 aliphatic rings. The predicted octanol–water partition coefficient (Wildman–Crippen LogP) is 1.07. The highest BCUT2D eigenvalue weighted by atomic mass is 16.5. The van der Waals surface area contributed by atoms with Gasteiger partial charge < -0.3 is 15.0 Å². The fourth-order valence-corrected chi connectivity index (χ4v) is 2.96. The zero-order chi connectivity index (χ0) is 14.3. The number of carbonyl (C=O) groups excluding carboxylic acids is 2. The molecule has 0 aromatic carbocycles. The average molecular weight is 268 g/mol. The summed E-state index contributed by atoms with van der Waals surface area (Å²) in [6, 6.07) is 0.170. The molecule has 2 rings (SSSR count). The van der Waals surface area contributed by atoms with Gasteiger partial charge in [0, 0.05) is 25.6 Å². The van der Waals surface area contributed by atoms with Gasteiger partial charge in [0.05, 0.1) is 5.60 Å². The Kier molecular flexibility index (Phi) is 3.60. The van der Waals surface area contributed by atoms with Gasteiger partial charge >= 0.3 is 0 Å². The van der Waals surface area contributed by atoms with Crippen LogP contribution in [0.25, 0.3) is 0 Å². The molecular formula is C14H24N2O3. The number of nitrogens with zero attached hydrogens (tertiary/aromatic N) is 1. The van der Waals surface area contributed by atoms with E-state index in [1.807, 2.05) is 4.90 Å². The Morgan fingerprint density at radius 2 is 1.95 bits per heavy atom. The van der Waals surface area contributed by atoms with Crippen LogP contribution >= 0.6 is 0 Å². The first-order chi connectivity index (χ1) is 8.71. The van der Waals surface area contributed by atoms with Crippen molar-refractivity contribution in [3.8, 4) is 0 Å². The molecule has 5 heteroatoms. The third-order valence-electron chi connectivity index (χ3n) is 3.94. The van der Waals surface area contributed by atoms with Crippen molar-refractivity contribution in [1.82, 2.24) is 10.2 Å². The van der Waals surface area contributed by atoms with Crippen molar-refractivity contribution in [2.45, 2.75) is 64.1 Å². The van der Waals surface area contributed by atoms with Crippen LogP contribution in [0.15, 0.2) is 0 Å². The van der Waals surface area contributed by atoms with Gasteiger partial charge in [-0.05, 0) is 40.5 Å². The lowest BCUT2D eigenvalue weighted by Crippen LogP contribution is -2.57. The van der Waals surface area contributed by atoms with Gasteiger partial charge in [0.2, 0.25) is 11.8 Å². The summed E-state index contributed by atoms with van der Waals surface area (Å²) in [5.41, 5.74) is -1.01. The second kappa shape index (κ2) is 4.78. The number of rotatable bonds is 1. The molecule has 0 aliphatic carbocycles. The standard InChI is InChI=1S/C14H24N2O3/c1-13(2)9-10(6-8-19-13)16-7-5-11(17)15-14(3,4)12(16)18/h10H,5-9H2,1-4H3,(H,15,17). The van der Waals surface area contributed by atoms with Gasteiger partial charge in [-0.3, -0.25) is 9.59 Å². The van der Waals surface area contributed by atoms with Crippen LogP contribution in [0.4, 0.5) is 0 Å². The Balaban J connectivity index is 2.18. The third kappa shape index (κ3) is 3.08. The summed E-state index contributed by atoms with van der Waals surface area (Å²) in [5.74, 6) is -0.0341. The van der Waals surface area contributed by atoms with Crippen LogP contribution in [0.3, 0.4) is 0 Å². The number of carbonyl (C=O) groups is 2. The number of hydrogen-bond acceptors (Lipinski definition) is 3. The van der Waals surface area contributed by atoms with Crippen molar-refractivity contribution >= 4 is 11.8 Å². The number of ether oxygens (including phenoxy) is 1. The first kappa shape index (κ1) is 14.3. The molecule has 0 aromatic rings. The number of hydrogen-bond donors (Lipinski definition) is 1. The average Bonchev–Trinajstić information content (AvgIpc) is 2.35. The minimum absolute atomic E-state index is 0.0149. The molecule has 0 bridgehead atoms. The van der Waals surface area contributed by atoms with Crippen LogP contribution in [0, 0.1) is 0 Å². The molecule has 2 saturated heterocycles. The Hall–Kier alpha value is -1.10. The van der Waals surface area contributed by atoms with Crippen molar-refractivity contribution in [2.24, 2.45) is 0 Å². The number of amides is 2. The molecule has 19 heavy (non-hydrogen) atoms. The maximum absolute atomic E-state index is 12.6. The monoisotopic (exact) mass is 268 g/mol. The fraction of sp³-hybridized carbons (Fsp3) is 0.857. The van der Waals surface area contributed by atoms with Gasteiger partial charge in [0.15, 0.2) is 0 Å². The molecule has 2 aliphatic heterocycles. The quantitative estimate of drug-likeness (QED) is 0.774. The minimum atomic E-state index is -0.809. The van der Waals surface area contributed by atoms with E-state index in [1.54, 1.807) is 13.8 Å². The summed E-state index contributed by atoms with van der Waals surface area (Å²) in [5, 5.41) is 2.80. The van der Waals surface area contributed by atoms with Gasteiger partial charge in [-0.1, -0.05) is 0 Å². The van der Waals surface area contributed by atoms with Crippen molar-refractivity contribution in [3.05, 3.63) is 0 Å². The summed E-state index contributed by atoms with van der Waals surface area (Å²) >= 11 is 0. The molecule has 0 spiro atoms. The van der Waals surface area contributed by atoms with Crippen molar-refractivity contribution < 1.29 is 14.3 Å². The molecule has 1 N–H and O–H groups in total. The molecule has 2 fully saturated rings. The molecule has 0 aromatic heterocycles. The van der Waals surface area contributed by atoms with Crippen LogP contribution in [0.5, 0.6) is 0 Å². The zero-order valence-corrected chi connectivity index (χ0v) is 12.3. The molecular weight excluding hydrogens is 244 g/mol. The van der Waals surface area contributed by atoms with E-state index in [4.69, 9.17) is 4.74 Å². The summed E-state index contributed by atoms with van der Waals surface area (Å²) in [7, 11) is 0. The highest BCUT2D eigenvalue weighted by Crippen LogP contribution is 2.29. The maximum atomic E-state index is 12.6. The van der Waals surface area contributed by atoms with Crippen LogP contribution in [0.1, 0.15) is 47.0 Å². The molecule has 0 saturated carbocycles. The predicted molar refractivity (Wildman–Crippen MR) is 71.6 cm³/mol. The summed E-state index contributed by atoms with van der Waals surface area (Å²) in [6.45, 7) is 8.83. The molecule has 5 nitrogen and oxygen atoms in total. The topological polar surface area (TPSA) is 58.6 Å². The largest absolute Gasteiger partial charge is 0.375 e. The smallest absolute Gasteiger partial charge is 0.248 e. The van der Waals surface area contributed by atoms with Crippen LogP contribution < -0.4 is 5.32 Å². The first-order valence-electron chi connectivity index (χ1n) is 6.97. The van der Waals surface area contributed by atoms with Gasteiger partial charge in [-0.15, -0.1) is 0 Å². The maximum Gasteiger partial charge on any atom is 0.248 e. The van der Waals surface area contributed by atoms with E-state index in [-0.39, 0.29) is 23.5 Å². The Morgan fingerprint density at radius 1 is 1.26 bits per heavy atom. The first-order valence-corrected chi connectivity index (χ1v) is 6.97. The molecule has 2 amide bonds. The van der Waals surface area contributed by atoms with E-state index >= 15 is 0 Å². The fourth-order valence-electron chi connectivity index (χ4n) is 2.96. The van der Waals surface area contributed by atoms with E-state index in [9.17, 15) is 9.59 Å². The second-order valence-corrected chi connectivity index (χ2v) is 6.68. The van der Waals surface area contributed by atoms with Crippen LogP contribution in [-0.2, 0) is 14.3 Å². The van der Waals surface area contributed by atoms with Gasteiger partial charge in [0.25, 0.3) is 0 Å². The van der Waals surface area contributed by atoms with Gasteiger partial charge in [0.1, 0.15) is 5.54 Å². The number of nitrogens with one attached hydrogen (secondary N) is 1. The van der Waals surface area contributed by atoms with Gasteiger partial charge in [-0.25, -0.2) is 0 Å². The summed E-state index contributed by atoms with van der Waals surface area (Å²) in [6.07, 6.45) is 2.05. The van der Waals surface area contributed by atoms with E-state index in [0.717, 1.165) is 12.8 Å². The molecule has 108 valence electrons. The summed E-state index contributed by atoms with van der Waals surface area (Å²) < 4.78 is 5.71. The Morgan fingerprint density at radius 3 is 2.58 bits per heavy atom. The summed E-state index contributed by atoms with van der Waals surface area (Å²) in [4.78, 5) is 26.2. The van der Waals surface area contributed by atoms with Crippen LogP contribution in [-0.4, -0.2) is 47.0 Å². The zero-order valence-electron chi connectivity index (χ0n) is 12.3. The normalized spacial score (nSPS) is 30.7. The lowest BCUT2D eigenvalue weighted by Gasteiger charge is -2.42. The van der Waals surface area contributed by atoms with Crippen molar-refractivity contribution in [2.75, 3.05) is 13.2 Å². The third-order valence-corrected chi connectivity index (χ3v) is 3.94. The van der Waals surface area contributed by atoms with E-state index in [2.05, 4.69) is 19.2 Å². The highest BCUT2D eigenvalue weighted by molar-refractivity contribution is 5.93. The van der Waals surface area contributed by atoms with Gasteiger partial charge in [-0.2, -0.15) is 0 Å². The van der Waals surface area contributed by atoms with E-state index < -0.39 is 5.54 Å². The molecule has 1 unspecified atom stereocenters. The lowest BCUT2D eigenvalue weighted by atomic mass is 9.91. The van der Waals surface area contributed by atoms with Crippen molar-refractivity contribution in [1.29, 1.82) is 0 Å². The highest BCUT2D eigenvalue weighted by Gasteiger charge is 2.41. The molecule has 2 heterocycles. The lowest BCUT2D eigenvalue weighted by molar-refractivity contribution is -0.145. The van der Waals surface area contributed by atoms with E-state index in [0.29, 0.717) is 19.6 Å². The molecule has 0 radical (unpaired) electrons. The SMILES string of the molecule is CC1(C)CC(N2CCC(=O)NC(C)(C)C2=O)CCO1. The second-order valence-electron chi connectivity index (χ2n) is 6.68. The van der Waals surface area contributed by atoms with E-state index in [1.165, 1.54) is 0 Å². The van der Waals surface area contributed by atoms with Crippen molar-refractivity contribution in [3.63, 3.8) is 0 Å².